The van der Waals surface area contributed by atoms with Crippen LogP contribution in [0.15, 0.2) is 30.3 Å². The number of cyclic esters (lactones) is 1. The molecule has 2 fully saturated rings. The van der Waals surface area contributed by atoms with E-state index in [-0.39, 0.29) is 24.3 Å². The van der Waals surface area contributed by atoms with Crippen molar-refractivity contribution in [2.24, 2.45) is 0 Å². The Balaban J connectivity index is 1.46. The second-order valence-corrected chi connectivity index (χ2v) is 7.84. The molecule has 1 aromatic rings. The zero-order chi connectivity index (χ0) is 18.7. The van der Waals surface area contributed by atoms with E-state index in [2.05, 4.69) is 10.2 Å². The molecule has 2 amide bonds. The van der Waals surface area contributed by atoms with Crippen LogP contribution in [0.2, 0.25) is 0 Å². The minimum Gasteiger partial charge on any atom is -0.444 e. The Morgan fingerprint density at radius 3 is 2.69 bits per heavy atom. The lowest BCUT2D eigenvalue weighted by atomic mass is 10.2. The van der Waals surface area contributed by atoms with Gasteiger partial charge < -0.3 is 14.8 Å². The summed E-state index contributed by atoms with van der Waals surface area (Å²) in [6, 6.07) is 9.60. The SMILES string of the molecule is CC(C)(C)OC(=O)N[C@H]1CCN(C[C@H]2CN(c3ccccc3)C(=O)O2)C1. The highest BCUT2D eigenvalue weighted by Gasteiger charge is 2.35. The number of likely N-dealkylation sites (tertiary alicyclic amines) is 1. The summed E-state index contributed by atoms with van der Waals surface area (Å²) in [5.74, 6) is 0. The number of carbonyl (C=O) groups excluding carboxylic acids is 2. The summed E-state index contributed by atoms with van der Waals surface area (Å²) < 4.78 is 10.8. The Kier molecular flexibility index (Phi) is 5.36. The first kappa shape index (κ1) is 18.5. The molecular formula is C19H27N3O4. The van der Waals surface area contributed by atoms with Gasteiger partial charge in [-0.3, -0.25) is 9.80 Å². The number of nitrogens with one attached hydrogen (secondary N) is 1. The third-order valence-corrected chi connectivity index (χ3v) is 4.40. The second-order valence-electron chi connectivity index (χ2n) is 7.84. The Morgan fingerprint density at radius 2 is 2.00 bits per heavy atom. The van der Waals surface area contributed by atoms with E-state index >= 15 is 0 Å². The summed E-state index contributed by atoms with van der Waals surface area (Å²) in [7, 11) is 0. The van der Waals surface area contributed by atoms with Crippen molar-refractivity contribution >= 4 is 17.9 Å². The van der Waals surface area contributed by atoms with Crippen LogP contribution in [-0.2, 0) is 9.47 Å². The maximum Gasteiger partial charge on any atom is 0.414 e. The summed E-state index contributed by atoms with van der Waals surface area (Å²) in [6.07, 6.45) is 0.0150. The van der Waals surface area contributed by atoms with Gasteiger partial charge in [-0.25, -0.2) is 9.59 Å². The normalized spacial score (nSPS) is 23.8. The molecule has 1 aromatic carbocycles. The Bertz CT molecular complexity index is 644. The minimum atomic E-state index is -0.499. The van der Waals surface area contributed by atoms with Crippen LogP contribution >= 0.6 is 0 Å². The third kappa shape index (κ3) is 4.88. The summed E-state index contributed by atoms with van der Waals surface area (Å²) in [4.78, 5) is 27.9. The number of benzene rings is 1. The molecule has 142 valence electrons. The molecular weight excluding hydrogens is 334 g/mol. The van der Waals surface area contributed by atoms with Crippen molar-refractivity contribution in [2.45, 2.75) is 44.9 Å². The van der Waals surface area contributed by atoms with Crippen LogP contribution < -0.4 is 10.2 Å². The van der Waals surface area contributed by atoms with Gasteiger partial charge in [0.25, 0.3) is 0 Å². The van der Waals surface area contributed by atoms with Gasteiger partial charge in [-0.15, -0.1) is 0 Å². The zero-order valence-corrected chi connectivity index (χ0v) is 15.6. The lowest BCUT2D eigenvalue weighted by molar-refractivity contribution is 0.0505. The van der Waals surface area contributed by atoms with E-state index in [1.807, 2.05) is 51.1 Å². The van der Waals surface area contributed by atoms with Gasteiger partial charge >= 0.3 is 12.2 Å². The number of rotatable bonds is 4. The van der Waals surface area contributed by atoms with Gasteiger partial charge in [-0.2, -0.15) is 0 Å². The average molecular weight is 361 g/mol. The molecule has 2 heterocycles. The number of carbonyl (C=O) groups is 2. The third-order valence-electron chi connectivity index (χ3n) is 4.40. The lowest BCUT2D eigenvalue weighted by Gasteiger charge is -2.22. The van der Waals surface area contributed by atoms with Crippen molar-refractivity contribution in [1.82, 2.24) is 10.2 Å². The molecule has 0 saturated carbocycles. The standard InChI is InChI=1S/C19H27N3O4/c1-19(2,3)26-17(23)20-14-9-10-21(11-14)12-16-13-22(18(24)25-16)15-7-5-4-6-8-15/h4-8,14,16H,9-13H2,1-3H3,(H,20,23)/t14-,16-/m0/s1. The van der Waals surface area contributed by atoms with Crippen LogP contribution in [0, 0.1) is 0 Å². The first-order valence-electron chi connectivity index (χ1n) is 9.05. The van der Waals surface area contributed by atoms with E-state index in [9.17, 15) is 9.59 Å². The van der Waals surface area contributed by atoms with E-state index in [0.717, 1.165) is 25.2 Å². The van der Waals surface area contributed by atoms with E-state index in [4.69, 9.17) is 9.47 Å². The van der Waals surface area contributed by atoms with Gasteiger partial charge in [-0.05, 0) is 39.3 Å². The second kappa shape index (κ2) is 7.53. The number of para-hydroxylation sites is 1. The Hall–Kier alpha value is -2.28. The zero-order valence-electron chi connectivity index (χ0n) is 15.6. The van der Waals surface area contributed by atoms with Gasteiger partial charge in [0.1, 0.15) is 11.7 Å². The average Bonchev–Trinajstić information content (AvgIpc) is 3.13. The monoisotopic (exact) mass is 361 g/mol. The fraction of sp³-hybridized carbons (Fsp3) is 0.579. The van der Waals surface area contributed by atoms with Crippen molar-refractivity contribution in [1.29, 1.82) is 0 Å². The molecule has 7 heteroatoms. The topological polar surface area (TPSA) is 71.1 Å². The molecule has 0 aliphatic carbocycles. The maximum absolute atomic E-state index is 12.1. The molecule has 2 saturated heterocycles. The van der Waals surface area contributed by atoms with Crippen LogP contribution in [-0.4, -0.2) is 61.0 Å². The molecule has 2 aliphatic heterocycles. The highest BCUT2D eigenvalue weighted by atomic mass is 16.6. The van der Waals surface area contributed by atoms with Crippen molar-refractivity contribution < 1.29 is 19.1 Å². The van der Waals surface area contributed by atoms with E-state index in [1.54, 1.807) is 4.90 Å². The number of ether oxygens (including phenoxy) is 2. The first-order valence-corrected chi connectivity index (χ1v) is 9.05. The van der Waals surface area contributed by atoms with Crippen LogP contribution in [0.4, 0.5) is 15.3 Å². The lowest BCUT2D eigenvalue weighted by Crippen LogP contribution is -2.41. The molecule has 0 bridgehead atoms. The minimum absolute atomic E-state index is 0.0622. The molecule has 0 radical (unpaired) electrons. The van der Waals surface area contributed by atoms with E-state index < -0.39 is 5.60 Å². The fourth-order valence-corrected chi connectivity index (χ4v) is 3.31. The summed E-state index contributed by atoms with van der Waals surface area (Å²) in [5.41, 5.74) is 0.354. The molecule has 0 aromatic heterocycles. The molecule has 1 N–H and O–H groups in total. The molecule has 0 spiro atoms. The molecule has 3 rings (SSSR count). The van der Waals surface area contributed by atoms with Crippen LogP contribution in [0.3, 0.4) is 0 Å². The largest absolute Gasteiger partial charge is 0.444 e. The quantitative estimate of drug-likeness (QED) is 0.893. The highest BCUT2D eigenvalue weighted by molar-refractivity contribution is 5.89. The Labute approximate surface area is 154 Å². The van der Waals surface area contributed by atoms with Gasteiger partial charge in [0, 0.05) is 31.4 Å². The molecule has 7 nitrogen and oxygen atoms in total. The van der Waals surface area contributed by atoms with Gasteiger partial charge in [0.15, 0.2) is 0 Å². The van der Waals surface area contributed by atoms with Crippen molar-refractivity contribution in [3.63, 3.8) is 0 Å². The molecule has 26 heavy (non-hydrogen) atoms. The van der Waals surface area contributed by atoms with Crippen molar-refractivity contribution in [2.75, 3.05) is 31.1 Å². The van der Waals surface area contributed by atoms with Gasteiger partial charge in [-0.1, -0.05) is 18.2 Å². The number of nitrogens with zero attached hydrogens (tertiary/aromatic N) is 2. The van der Waals surface area contributed by atoms with Crippen LogP contribution in [0.25, 0.3) is 0 Å². The fourth-order valence-electron chi connectivity index (χ4n) is 3.31. The summed E-state index contributed by atoms with van der Waals surface area (Å²) in [5, 5.41) is 2.91. The molecule has 2 aliphatic rings. The van der Waals surface area contributed by atoms with Crippen molar-refractivity contribution in [3.05, 3.63) is 30.3 Å². The molecule has 0 unspecified atom stereocenters. The van der Waals surface area contributed by atoms with Crippen LogP contribution in [0.5, 0.6) is 0 Å². The smallest absolute Gasteiger partial charge is 0.414 e. The van der Waals surface area contributed by atoms with Gasteiger partial charge in [0.05, 0.1) is 6.54 Å². The highest BCUT2D eigenvalue weighted by Crippen LogP contribution is 2.22. The Morgan fingerprint density at radius 1 is 1.27 bits per heavy atom. The summed E-state index contributed by atoms with van der Waals surface area (Å²) >= 11 is 0. The predicted molar refractivity (Wildman–Crippen MR) is 98.3 cm³/mol. The number of alkyl carbamates (subject to hydrolysis) is 1. The summed E-state index contributed by atoms with van der Waals surface area (Å²) in [6.45, 7) is 8.35. The van der Waals surface area contributed by atoms with Gasteiger partial charge in [0.2, 0.25) is 0 Å². The first-order chi connectivity index (χ1) is 12.3. The number of anilines is 1. The van der Waals surface area contributed by atoms with E-state index in [0.29, 0.717) is 13.1 Å². The maximum atomic E-state index is 12.1. The van der Waals surface area contributed by atoms with Crippen molar-refractivity contribution in [3.8, 4) is 0 Å². The number of hydrogen-bond acceptors (Lipinski definition) is 5. The predicted octanol–water partition coefficient (Wildman–Crippen LogP) is 2.61. The van der Waals surface area contributed by atoms with E-state index in [1.165, 1.54) is 0 Å². The number of hydrogen-bond donors (Lipinski definition) is 1. The molecule has 2 atom stereocenters. The van der Waals surface area contributed by atoms with Crippen LogP contribution in [0.1, 0.15) is 27.2 Å². The number of amides is 2.